The van der Waals surface area contributed by atoms with Crippen molar-refractivity contribution in [3.05, 3.63) is 29.3 Å². The van der Waals surface area contributed by atoms with E-state index in [1.807, 2.05) is 17.7 Å². The molecule has 2 heterocycles. The molecule has 0 bridgehead atoms. The van der Waals surface area contributed by atoms with Gasteiger partial charge in [0.25, 0.3) is 0 Å². The fourth-order valence-electron chi connectivity index (χ4n) is 1.81. The molecule has 108 valence electrons. The van der Waals surface area contributed by atoms with Crippen LogP contribution in [0.15, 0.2) is 18.7 Å². The van der Waals surface area contributed by atoms with E-state index in [4.69, 9.17) is 4.74 Å². The lowest BCUT2D eigenvalue weighted by Crippen LogP contribution is -2.21. The van der Waals surface area contributed by atoms with Crippen LogP contribution in [0.2, 0.25) is 0 Å². The number of rotatable bonds is 6. The molecule has 0 amide bonds. The highest BCUT2D eigenvalue weighted by Crippen LogP contribution is 2.23. The highest BCUT2D eigenvalue weighted by atomic mass is 32.1. The van der Waals surface area contributed by atoms with E-state index in [1.165, 1.54) is 11.3 Å². The summed E-state index contributed by atoms with van der Waals surface area (Å²) in [5, 5.41) is 4.02. The minimum Gasteiger partial charge on any atom is -0.461 e. The van der Waals surface area contributed by atoms with Gasteiger partial charge in [0.05, 0.1) is 12.9 Å². The molecule has 0 aromatic carbocycles. The van der Waals surface area contributed by atoms with Crippen molar-refractivity contribution < 1.29 is 9.53 Å². The summed E-state index contributed by atoms with van der Waals surface area (Å²) in [6, 6.07) is 0.185. The zero-order valence-electron chi connectivity index (χ0n) is 11.8. The van der Waals surface area contributed by atoms with Gasteiger partial charge in [-0.25, -0.2) is 14.8 Å². The van der Waals surface area contributed by atoms with Gasteiger partial charge in [0, 0.05) is 29.9 Å². The van der Waals surface area contributed by atoms with Gasteiger partial charge >= 0.3 is 5.97 Å². The summed E-state index contributed by atoms with van der Waals surface area (Å²) in [6.07, 6.45) is 5.43. The van der Waals surface area contributed by atoms with Gasteiger partial charge < -0.3 is 14.6 Å². The van der Waals surface area contributed by atoms with Gasteiger partial charge in [-0.1, -0.05) is 0 Å². The molecule has 0 fully saturated rings. The number of nitrogens with one attached hydrogen (secondary N) is 1. The summed E-state index contributed by atoms with van der Waals surface area (Å²) in [5.41, 5.74) is 0.397. The quantitative estimate of drug-likeness (QED) is 0.828. The first kappa shape index (κ1) is 14.5. The van der Waals surface area contributed by atoms with E-state index in [-0.39, 0.29) is 12.0 Å². The highest BCUT2D eigenvalue weighted by molar-refractivity contribution is 7.15. The molecule has 2 aromatic heterocycles. The van der Waals surface area contributed by atoms with Gasteiger partial charge in [0.2, 0.25) is 0 Å². The number of aryl methyl sites for hydroxylation is 1. The number of nitrogens with zero attached hydrogens (tertiary/aromatic N) is 3. The van der Waals surface area contributed by atoms with Gasteiger partial charge in [-0.15, -0.1) is 11.3 Å². The van der Waals surface area contributed by atoms with Crippen LogP contribution >= 0.6 is 11.3 Å². The fourth-order valence-corrected chi connectivity index (χ4v) is 2.73. The molecule has 0 aliphatic rings. The predicted octanol–water partition coefficient (Wildman–Crippen LogP) is 2.33. The maximum atomic E-state index is 11.7. The number of ether oxygens (including phenoxy) is 1. The summed E-state index contributed by atoms with van der Waals surface area (Å²) >= 11 is 1.46. The maximum absolute atomic E-state index is 11.7. The second-order valence-electron chi connectivity index (χ2n) is 4.45. The molecule has 1 N–H and O–H groups in total. The lowest BCUT2D eigenvalue weighted by atomic mass is 10.3. The van der Waals surface area contributed by atoms with Crippen molar-refractivity contribution in [1.29, 1.82) is 0 Å². The number of carbonyl (C=O) groups is 1. The number of hydrogen-bond acceptors (Lipinski definition) is 6. The Bertz CT molecular complexity index is 565. The Hall–Kier alpha value is -1.89. The predicted molar refractivity (Wildman–Crippen MR) is 78.1 cm³/mol. The normalized spacial score (nSPS) is 12.2. The Morgan fingerprint density at radius 3 is 3.05 bits per heavy atom. The number of aromatic nitrogens is 3. The van der Waals surface area contributed by atoms with Gasteiger partial charge in [0.15, 0.2) is 10.8 Å². The van der Waals surface area contributed by atoms with E-state index >= 15 is 0 Å². The molecule has 0 radical (unpaired) electrons. The van der Waals surface area contributed by atoms with Crippen molar-refractivity contribution in [1.82, 2.24) is 14.5 Å². The van der Waals surface area contributed by atoms with Crippen LogP contribution in [0, 0.1) is 6.92 Å². The molecule has 0 aliphatic heterocycles. The largest absolute Gasteiger partial charge is 0.461 e. The molecule has 2 rings (SSSR count). The lowest BCUT2D eigenvalue weighted by Gasteiger charge is -2.13. The van der Waals surface area contributed by atoms with Crippen molar-refractivity contribution >= 4 is 22.4 Å². The third kappa shape index (κ3) is 3.57. The zero-order valence-corrected chi connectivity index (χ0v) is 12.6. The number of hydrogen-bond donors (Lipinski definition) is 1. The molecular weight excluding hydrogens is 276 g/mol. The monoisotopic (exact) mass is 294 g/mol. The van der Waals surface area contributed by atoms with Crippen molar-refractivity contribution in [2.45, 2.75) is 33.4 Å². The Morgan fingerprint density at radius 2 is 2.40 bits per heavy atom. The Labute approximate surface area is 121 Å². The molecule has 0 saturated carbocycles. The first-order valence-corrected chi connectivity index (χ1v) is 7.28. The number of anilines is 1. The molecule has 2 aromatic rings. The molecule has 0 spiro atoms. The summed E-state index contributed by atoms with van der Waals surface area (Å²) in [7, 11) is 0. The number of esters is 1. The van der Waals surface area contributed by atoms with Crippen LogP contribution in [-0.2, 0) is 11.3 Å². The Morgan fingerprint density at radius 1 is 1.60 bits per heavy atom. The standard InChI is InChI=1S/C13H18N4O2S/c1-4-19-12(18)11-10(3)20-13(16-11)15-9(2)7-17-6-5-14-8-17/h5-6,8-9H,4,7H2,1-3H3,(H,15,16). The van der Waals surface area contributed by atoms with Gasteiger partial charge in [-0.3, -0.25) is 0 Å². The Balaban J connectivity index is 1.99. The molecule has 1 unspecified atom stereocenters. The number of imidazole rings is 1. The first-order valence-electron chi connectivity index (χ1n) is 6.47. The van der Waals surface area contributed by atoms with Crippen LogP contribution < -0.4 is 5.32 Å². The average Bonchev–Trinajstić information content (AvgIpc) is 2.99. The van der Waals surface area contributed by atoms with E-state index in [0.717, 1.165) is 16.6 Å². The zero-order chi connectivity index (χ0) is 14.5. The fraction of sp³-hybridized carbons (Fsp3) is 0.462. The van der Waals surface area contributed by atoms with Crippen LogP contribution in [-0.4, -0.2) is 33.2 Å². The van der Waals surface area contributed by atoms with Crippen LogP contribution in [0.1, 0.15) is 29.2 Å². The summed E-state index contributed by atoms with van der Waals surface area (Å²) in [5.74, 6) is -0.364. The van der Waals surface area contributed by atoms with Crippen LogP contribution in [0.25, 0.3) is 0 Å². The van der Waals surface area contributed by atoms with Gasteiger partial charge in [0.1, 0.15) is 0 Å². The minimum absolute atomic E-state index is 0.185. The van der Waals surface area contributed by atoms with Gasteiger partial charge in [-0.2, -0.15) is 0 Å². The van der Waals surface area contributed by atoms with Crippen molar-refractivity contribution in [3.8, 4) is 0 Å². The van der Waals surface area contributed by atoms with Crippen LogP contribution in [0.5, 0.6) is 0 Å². The molecule has 1 atom stereocenters. The van der Waals surface area contributed by atoms with Crippen LogP contribution in [0.3, 0.4) is 0 Å². The van der Waals surface area contributed by atoms with Crippen molar-refractivity contribution in [2.75, 3.05) is 11.9 Å². The first-order chi connectivity index (χ1) is 9.60. The van der Waals surface area contributed by atoms with E-state index in [2.05, 4.69) is 22.2 Å². The molecular formula is C13H18N4O2S. The minimum atomic E-state index is -0.364. The van der Waals surface area contributed by atoms with Gasteiger partial charge in [-0.05, 0) is 20.8 Å². The topological polar surface area (TPSA) is 69.0 Å². The molecule has 6 nitrogen and oxygen atoms in total. The van der Waals surface area contributed by atoms with Crippen molar-refractivity contribution in [3.63, 3.8) is 0 Å². The second-order valence-corrected chi connectivity index (χ2v) is 5.65. The van der Waals surface area contributed by atoms with Crippen LogP contribution in [0.4, 0.5) is 5.13 Å². The SMILES string of the molecule is CCOC(=O)c1nc(NC(C)Cn2ccnc2)sc1C. The lowest BCUT2D eigenvalue weighted by molar-refractivity contribution is 0.0519. The summed E-state index contributed by atoms with van der Waals surface area (Å²) < 4.78 is 6.97. The molecule has 7 heteroatoms. The van der Waals surface area contributed by atoms with Crippen molar-refractivity contribution in [2.24, 2.45) is 0 Å². The third-order valence-electron chi connectivity index (χ3n) is 2.68. The van der Waals surface area contributed by atoms with E-state index in [0.29, 0.717) is 12.3 Å². The highest BCUT2D eigenvalue weighted by Gasteiger charge is 2.17. The Kier molecular flexibility index (Phi) is 4.73. The number of thiazole rings is 1. The average molecular weight is 294 g/mol. The van der Waals surface area contributed by atoms with E-state index in [9.17, 15) is 4.79 Å². The molecule has 20 heavy (non-hydrogen) atoms. The van der Waals surface area contributed by atoms with E-state index < -0.39 is 0 Å². The van der Waals surface area contributed by atoms with E-state index in [1.54, 1.807) is 19.4 Å². The number of carbonyl (C=O) groups excluding carboxylic acids is 1. The summed E-state index contributed by atoms with van der Waals surface area (Å²) in [6.45, 7) is 6.85. The maximum Gasteiger partial charge on any atom is 0.358 e. The smallest absolute Gasteiger partial charge is 0.358 e. The second kappa shape index (κ2) is 6.51. The summed E-state index contributed by atoms with van der Waals surface area (Å²) in [4.78, 5) is 20.9. The molecule has 0 saturated heterocycles. The molecule has 0 aliphatic carbocycles. The third-order valence-corrected chi connectivity index (χ3v) is 3.58.